The van der Waals surface area contributed by atoms with Crippen LogP contribution in [-0.2, 0) is 5.41 Å². The van der Waals surface area contributed by atoms with Gasteiger partial charge in [-0.1, -0.05) is 38.2 Å². The van der Waals surface area contributed by atoms with Crippen LogP contribution in [0.1, 0.15) is 88.8 Å². The van der Waals surface area contributed by atoms with Crippen molar-refractivity contribution in [3.8, 4) is 23.0 Å². The smallest absolute Gasteiger partial charge is 0.165 e. The predicted molar refractivity (Wildman–Crippen MR) is 149 cm³/mol. The van der Waals surface area contributed by atoms with Crippen molar-refractivity contribution in [3.63, 3.8) is 0 Å². The highest BCUT2D eigenvalue weighted by Gasteiger charge is 2.35. The minimum absolute atomic E-state index is 0.471. The van der Waals surface area contributed by atoms with Crippen molar-refractivity contribution in [2.24, 2.45) is 0 Å². The highest BCUT2D eigenvalue weighted by Crippen LogP contribution is 2.50. The van der Waals surface area contributed by atoms with Gasteiger partial charge in [0.05, 0.1) is 26.4 Å². The summed E-state index contributed by atoms with van der Waals surface area (Å²) >= 11 is 0. The zero-order valence-electron chi connectivity index (χ0n) is 23.4. The normalized spacial score (nSPS) is 11.9. The maximum atomic E-state index is 6.29. The molecule has 4 heteroatoms. The molecule has 0 saturated carbocycles. The van der Waals surface area contributed by atoms with Crippen LogP contribution in [0.4, 0.5) is 0 Å². The van der Waals surface area contributed by atoms with Crippen molar-refractivity contribution in [3.05, 3.63) is 57.7 Å². The molecule has 0 N–H and O–H groups in total. The second-order valence-electron chi connectivity index (χ2n) is 8.95. The fourth-order valence-corrected chi connectivity index (χ4v) is 4.50. The van der Waals surface area contributed by atoms with E-state index in [2.05, 4.69) is 64.1 Å². The summed E-state index contributed by atoms with van der Waals surface area (Å²) in [5.41, 5.74) is 6.02. The highest BCUT2D eigenvalue weighted by molar-refractivity contribution is 5.71. The molecule has 4 nitrogen and oxygen atoms in total. The van der Waals surface area contributed by atoms with Gasteiger partial charge in [-0.3, -0.25) is 0 Å². The van der Waals surface area contributed by atoms with Crippen molar-refractivity contribution < 1.29 is 18.9 Å². The third kappa shape index (κ3) is 5.86. The van der Waals surface area contributed by atoms with Gasteiger partial charge in [0.25, 0.3) is 0 Å². The Morgan fingerprint density at radius 3 is 1.20 bits per heavy atom. The molecule has 0 bridgehead atoms. The first-order chi connectivity index (χ1) is 16.7. The van der Waals surface area contributed by atoms with Crippen molar-refractivity contribution >= 4 is 12.2 Å². The molecule has 0 aliphatic heterocycles. The van der Waals surface area contributed by atoms with Gasteiger partial charge in [0.2, 0.25) is 0 Å². The minimum Gasteiger partial charge on any atom is -0.490 e. The molecule has 0 saturated heterocycles. The number of hydrogen-bond donors (Lipinski definition) is 0. The Kier molecular flexibility index (Phi) is 10.3. The lowest BCUT2D eigenvalue weighted by Crippen LogP contribution is -2.23. The van der Waals surface area contributed by atoms with E-state index in [9.17, 15) is 0 Å². The second kappa shape index (κ2) is 12.7. The molecule has 0 aliphatic rings. The van der Waals surface area contributed by atoms with E-state index in [1.54, 1.807) is 0 Å². The second-order valence-corrected chi connectivity index (χ2v) is 8.95. The number of allylic oxidation sites excluding steroid dienone is 2. The molecular formula is C31H44O4. The lowest BCUT2D eigenvalue weighted by molar-refractivity contribution is 0.274. The summed E-state index contributed by atoms with van der Waals surface area (Å²) in [6.45, 7) is 22.9. The van der Waals surface area contributed by atoms with E-state index in [0.29, 0.717) is 26.4 Å². The maximum absolute atomic E-state index is 6.29. The molecule has 0 amide bonds. The maximum Gasteiger partial charge on any atom is 0.165 e. The average Bonchev–Trinajstić information content (AvgIpc) is 2.82. The van der Waals surface area contributed by atoms with E-state index in [0.717, 1.165) is 56.4 Å². The van der Waals surface area contributed by atoms with Gasteiger partial charge in [-0.15, -0.1) is 0 Å². The van der Waals surface area contributed by atoms with E-state index in [-0.39, 0.29) is 0 Å². The first kappa shape index (κ1) is 28.4. The summed E-state index contributed by atoms with van der Waals surface area (Å²) in [5.74, 6) is 3.19. The van der Waals surface area contributed by atoms with Crippen molar-refractivity contribution in [2.45, 2.75) is 74.7 Å². The van der Waals surface area contributed by atoms with Gasteiger partial charge in [0.1, 0.15) is 0 Å². The molecule has 35 heavy (non-hydrogen) atoms. The number of hydrogen-bond acceptors (Lipinski definition) is 4. The first-order valence-electron chi connectivity index (χ1n) is 12.9. The van der Waals surface area contributed by atoms with Gasteiger partial charge in [-0.25, -0.2) is 0 Å². The van der Waals surface area contributed by atoms with Crippen LogP contribution in [0, 0.1) is 13.8 Å². The monoisotopic (exact) mass is 480 g/mol. The fourth-order valence-electron chi connectivity index (χ4n) is 4.50. The van der Waals surface area contributed by atoms with E-state index >= 15 is 0 Å². The van der Waals surface area contributed by atoms with Crippen LogP contribution in [0.15, 0.2) is 24.3 Å². The van der Waals surface area contributed by atoms with Crippen LogP contribution in [0.25, 0.3) is 12.2 Å². The molecule has 0 fully saturated rings. The number of rotatable bonds is 12. The quantitative estimate of drug-likeness (QED) is 0.306. The molecule has 2 aromatic rings. The molecule has 192 valence electrons. The lowest BCUT2D eigenvalue weighted by Gasteiger charge is -2.33. The van der Waals surface area contributed by atoms with Crippen LogP contribution in [0.3, 0.4) is 0 Å². The Hall–Kier alpha value is -2.88. The average molecular weight is 481 g/mol. The van der Waals surface area contributed by atoms with Gasteiger partial charge in [0.15, 0.2) is 23.0 Å². The van der Waals surface area contributed by atoms with Gasteiger partial charge in [0, 0.05) is 27.7 Å². The van der Waals surface area contributed by atoms with Crippen LogP contribution >= 0.6 is 0 Å². The molecule has 0 spiro atoms. The molecule has 2 rings (SSSR count). The lowest BCUT2D eigenvalue weighted by atomic mass is 9.74. The summed E-state index contributed by atoms with van der Waals surface area (Å²) in [4.78, 5) is 0. The van der Waals surface area contributed by atoms with Crippen LogP contribution in [0.2, 0.25) is 0 Å². The summed E-state index contributed by atoms with van der Waals surface area (Å²) in [5, 5.41) is 0. The van der Waals surface area contributed by atoms with E-state index in [1.165, 1.54) is 0 Å². The van der Waals surface area contributed by atoms with Crippen molar-refractivity contribution in [2.75, 3.05) is 26.4 Å². The van der Waals surface area contributed by atoms with Gasteiger partial charge >= 0.3 is 0 Å². The fraction of sp³-hybridized carbons (Fsp3) is 0.484. The first-order valence-corrected chi connectivity index (χ1v) is 12.9. The Morgan fingerprint density at radius 2 is 0.914 bits per heavy atom. The molecule has 0 atom stereocenters. The van der Waals surface area contributed by atoms with Gasteiger partial charge in [-0.2, -0.15) is 0 Å². The SMILES string of the molecule is CC=Cc1cc(C(C)(C)c2cc(C=CC)c(C)c(OCC)c2OCC)c(OCC)c(OCC)c1C. The van der Waals surface area contributed by atoms with E-state index < -0.39 is 5.41 Å². The topological polar surface area (TPSA) is 36.9 Å². The molecule has 0 aliphatic carbocycles. The predicted octanol–water partition coefficient (Wildman–Crippen LogP) is 8.29. The molecule has 2 aromatic carbocycles. The number of ether oxygens (including phenoxy) is 4. The van der Waals surface area contributed by atoms with E-state index in [4.69, 9.17) is 18.9 Å². The largest absolute Gasteiger partial charge is 0.490 e. The van der Waals surface area contributed by atoms with Gasteiger partial charge in [-0.05, 0) is 78.6 Å². The Bertz CT molecular complexity index is 977. The standard InChI is InChI=1S/C31H44O4/c1-11-17-23-19-25(29(34-15-5)27(21(23)7)32-13-3)31(9,10)26-20-24(18-12-2)22(8)28(33-14-4)30(26)35-16-6/h11-12,17-20H,13-16H2,1-10H3. The summed E-state index contributed by atoms with van der Waals surface area (Å²) in [6, 6.07) is 4.46. The third-order valence-electron chi connectivity index (χ3n) is 6.24. The molecule has 0 heterocycles. The molecule has 0 aromatic heterocycles. The Balaban J connectivity index is 3.03. The number of benzene rings is 2. The molecular weight excluding hydrogens is 436 g/mol. The van der Waals surface area contributed by atoms with Crippen LogP contribution < -0.4 is 18.9 Å². The third-order valence-corrected chi connectivity index (χ3v) is 6.24. The molecule has 0 unspecified atom stereocenters. The zero-order valence-corrected chi connectivity index (χ0v) is 23.4. The van der Waals surface area contributed by atoms with Crippen LogP contribution in [-0.4, -0.2) is 26.4 Å². The summed E-state index contributed by atoms with van der Waals surface area (Å²) in [6.07, 6.45) is 8.37. The van der Waals surface area contributed by atoms with Crippen molar-refractivity contribution in [1.29, 1.82) is 0 Å². The molecule has 0 radical (unpaired) electrons. The Morgan fingerprint density at radius 1 is 0.600 bits per heavy atom. The highest BCUT2D eigenvalue weighted by atomic mass is 16.5. The van der Waals surface area contributed by atoms with E-state index in [1.807, 2.05) is 41.5 Å². The van der Waals surface area contributed by atoms with Crippen molar-refractivity contribution in [1.82, 2.24) is 0 Å². The zero-order chi connectivity index (χ0) is 26.2. The minimum atomic E-state index is -0.471. The summed E-state index contributed by atoms with van der Waals surface area (Å²) in [7, 11) is 0. The van der Waals surface area contributed by atoms with Gasteiger partial charge < -0.3 is 18.9 Å². The Labute approximate surface area is 212 Å². The van der Waals surface area contributed by atoms with Crippen LogP contribution in [0.5, 0.6) is 23.0 Å². The summed E-state index contributed by atoms with van der Waals surface area (Å²) < 4.78 is 24.9.